The molecule has 2 N–H and O–H groups in total. The highest BCUT2D eigenvalue weighted by molar-refractivity contribution is 5.84. The number of amides is 3. The van der Waals surface area contributed by atoms with Crippen LogP contribution in [0.15, 0.2) is 0 Å². The minimum absolute atomic E-state index is 0.0568. The number of hydrogen-bond donors (Lipinski definition) is 2. The van der Waals surface area contributed by atoms with E-state index in [4.69, 9.17) is 5.11 Å². The van der Waals surface area contributed by atoms with Crippen molar-refractivity contribution < 1.29 is 19.5 Å². The van der Waals surface area contributed by atoms with E-state index >= 15 is 0 Å². The minimum atomic E-state index is -0.948. The van der Waals surface area contributed by atoms with Crippen molar-refractivity contribution in [3.05, 3.63) is 0 Å². The van der Waals surface area contributed by atoms with Crippen LogP contribution in [0.3, 0.4) is 0 Å². The average Bonchev–Trinajstić information content (AvgIpc) is 2.95. The third-order valence-electron chi connectivity index (χ3n) is 4.09. The summed E-state index contributed by atoms with van der Waals surface area (Å²) in [7, 11) is 1.59. The molecule has 0 radical (unpaired) electrons. The summed E-state index contributed by atoms with van der Waals surface area (Å²) < 4.78 is 0. The normalized spacial score (nSPS) is 26.4. The Balaban J connectivity index is 2.01. The zero-order valence-corrected chi connectivity index (χ0v) is 11.7. The monoisotopic (exact) mass is 283 g/mol. The summed E-state index contributed by atoms with van der Waals surface area (Å²) in [5.74, 6) is -1.20. The second-order valence-electron chi connectivity index (χ2n) is 5.37. The van der Waals surface area contributed by atoms with Crippen LogP contribution < -0.4 is 5.32 Å². The van der Waals surface area contributed by atoms with E-state index in [0.29, 0.717) is 26.1 Å². The van der Waals surface area contributed by atoms with Gasteiger partial charge in [0.25, 0.3) is 0 Å². The maximum absolute atomic E-state index is 12.4. The van der Waals surface area contributed by atoms with Gasteiger partial charge in [0, 0.05) is 26.7 Å². The van der Waals surface area contributed by atoms with Gasteiger partial charge in [-0.15, -0.1) is 0 Å². The van der Waals surface area contributed by atoms with Crippen molar-refractivity contribution in [2.24, 2.45) is 5.92 Å². The largest absolute Gasteiger partial charge is 0.480 e. The molecule has 0 aliphatic carbocycles. The van der Waals surface area contributed by atoms with Crippen LogP contribution in [-0.4, -0.2) is 65.5 Å². The summed E-state index contributed by atoms with van der Waals surface area (Å²) in [6.07, 6.45) is 2.77. The molecule has 7 nitrogen and oxygen atoms in total. The van der Waals surface area contributed by atoms with Crippen molar-refractivity contribution in [3.63, 3.8) is 0 Å². The van der Waals surface area contributed by atoms with Crippen LogP contribution in [0.1, 0.15) is 25.7 Å². The van der Waals surface area contributed by atoms with E-state index in [0.717, 1.165) is 19.3 Å². The van der Waals surface area contributed by atoms with Gasteiger partial charge in [0.05, 0.1) is 5.92 Å². The molecule has 0 aromatic heterocycles. The molecular weight excluding hydrogens is 262 g/mol. The molecule has 2 atom stereocenters. The molecule has 0 bridgehead atoms. The standard InChI is InChI=1S/C13H21N3O4/c1-14-11(17)9-4-2-6-15(8-9)13(20)16-7-3-5-10(16)12(18)19/h9-10H,2-8H2,1H3,(H,14,17)(H,18,19)/t9?,10-/m0/s1. The molecule has 0 aromatic rings. The first-order chi connectivity index (χ1) is 9.54. The number of nitrogens with one attached hydrogen (secondary N) is 1. The topological polar surface area (TPSA) is 90.0 Å². The number of rotatable bonds is 2. The van der Waals surface area contributed by atoms with E-state index in [2.05, 4.69) is 5.32 Å². The molecule has 0 saturated carbocycles. The maximum atomic E-state index is 12.4. The lowest BCUT2D eigenvalue weighted by molar-refractivity contribution is -0.141. The molecule has 1 unspecified atom stereocenters. The minimum Gasteiger partial charge on any atom is -0.480 e. The van der Waals surface area contributed by atoms with E-state index in [-0.39, 0.29) is 17.9 Å². The number of carboxylic acid groups (broad SMARTS) is 1. The van der Waals surface area contributed by atoms with E-state index in [1.807, 2.05) is 0 Å². The number of carbonyl (C=O) groups is 3. The molecule has 112 valence electrons. The molecule has 7 heteroatoms. The van der Waals surface area contributed by atoms with Gasteiger partial charge in [0.15, 0.2) is 0 Å². The third-order valence-corrected chi connectivity index (χ3v) is 4.09. The van der Waals surface area contributed by atoms with E-state index in [9.17, 15) is 14.4 Å². The number of likely N-dealkylation sites (tertiary alicyclic amines) is 2. The SMILES string of the molecule is CNC(=O)C1CCCN(C(=O)N2CCC[C@H]2C(=O)O)C1. The van der Waals surface area contributed by atoms with Crippen molar-refractivity contribution in [2.45, 2.75) is 31.7 Å². The third kappa shape index (κ3) is 2.86. The van der Waals surface area contributed by atoms with Gasteiger partial charge in [-0.25, -0.2) is 9.59 Å². The van der Waals surface area contributed by atoms with Gasteiger partial charge in [-0.3, -0.25) is 4.79 Å². The van der Waals surface area contributed by atoms with Crippen molar-refractivity contribution >= 4 is 17.9 Å². The van der Waals surface area contributed by atoms with E-state index < -0.39 is 12.0 Å². The fraction of sp³-hybridized carbons (Fsp3) is 0.769. The van der Waals surface area contributed by atoms with Gasteiger partial charge >= 0.3 is 12.0 Å². The summed E-state index contributed by atoms with van der Waals surface area (Å²) in [6, 6.07) is -0.966. The molecule has 20 heavy (non-hydrogen) atoms. The number of nitrogens with zero attached hydrogens (tertiary/aromatic N) is 2. The lowest BCUT2D eigenvalue weighted by Gasteiger charge is -2.35. The highest BCUT2D eigenvalue weighted by Crippen LogP contribution is 2.23. The molecule has 2 saturated heterocycles. The smallest absolute Gasteiger partial charge is 0.326 e. The molecule has 0 spiro atoms. The fourth-order valence-electron chi connectivity index (χ4n) is 3.00. The zero-order valence-electron chi connectivity index (χ0n) is 11.7. The van der Waals surface area contributed by atoms with Crippen LogP contribution in [0.5, 0.6) is 0 Å². The quantitative estimate of drug-likeness (QED) is 0.753. The molecule has 2 fully saturated rings. The lowest BCUT2D eigenvalue weighted by Crippen LogP contribution is -2.52. The zero-order chi connectivity index (χ0) is 14.7. The summed E-state index contributed by atoms with van der Waals surface area (Å²) in [5.41, 5.74) is 0. The highest BCUT2D eigenvalue weighted by Gasteiger charge is 2.38. The Hall–Kier alpha value is -1.79. The second kappa shape index (κ2) is 6.11. The molecular formula is C13H21N3O4. The Bertz CT molecular complexity index is 412. The molecule has 2 rings (SSSR count). The van der Waals surface area contributed by atoms with Crippen molar-refractivity contribution in [1.82, 2.24) is 15.1 Å². The van der Waals surface area contributed by atoms with Gasteiger partial charge in [-0.05, 0) is 25.7 Å². The van der Waals surface area contributed by atoms with Gasteiger partial charge in [0.1, 0.15) is 6.04 Å². The van der Waals surface area contributed by atoms with Crippen molar-refractivity contribution in [1.29, 1.82) is 0 Å². The average molecular weight is 283 g/mol. The predicted molar refractivity (Wildman–Crippen MR) is 71.1 cm³/mol. The van der Waals surface area contributed by atoms with Crippen molar-refractivity contribution in [2.75, 3.05) is 26.7 Å². The number of piperidine rings is 1. The van der Waals surface area contributed by atoms with Crippen LogP contribution >= 0.6 is 0 Å². The van der Waals surface area contributed by atoms with Crippen molar-refractivity contribution in [3.8, 4) is 0 Å². The molecule has 0 aromatic carbocycles. The Morgan fingerprint density at radius 2 is 1.85 bits per heavy atom. The van der Waals surface area contributed by atoms with Crippen LogP contribution in [0.4, 0.5) is 4.79 Å². The van der Waals surface area contributed by atoms with Gasteiger partial charge in [-0.1, -0.05) is 0 Å². The van der Waals surface area contributed by atoms with Gasteiger partial charge in [0.2, 0.25) is 5.91 Å². The Labute approximate surface area is 117 Å². The summed E-state index contributed by atoms with van der Waals surface area (Å²) >= 11 is 0. The fourth-order valence-corrected chi connectivity index (χ4v) is 3.00. The predicted octanol–water partition coefficient (Wildman–Crippen LogP) is 0.113. The number of hydrogen-bond acceptors (Lipinski definition) is 3. The Kier molecular flexibility index (Phi) is 4.46. The summed E-state index contributed by atoms with van der Waals surface area (Å²) in [6.45, 7) is 1.45. The first-order valence-electron chi connectivity index (χ1n) is 7.04. The van der Waals surface area contributed by atoms with E-state index in [1.54, 1.807) is 11.9 Å². The van der Waals surface area contributed by atoms with Gasteiger partial charge in [-0.2, -0.15) is 0 Å². The Morgan fingerprint density at radius 3 is 2.50 bits per heavy atom. The number of aliphatic carboxylic acids is 1. The first kappa shape index (κ1) is 14.6. The number of carbonyl (C=O) groups excluding carboxylic acids is 2. The van der Waals surface area contributed by atoms with Crippen LogP contribution in [-0.2, 0) is 9.59 Å². The number of carboxylic acids is 1. The Morgan fingerprint density at radius 1 is 1.15 bits per heavy atom. The maximum Gasteiger partial charge on any atom is 0.326 e. The summed E-state index contributed by atoms with van der Waals surface area (Å²) in [5, 5.41) is 11.7. The van der Waals surface area contributed by atoms with Crippen LogP contribution in [0.2, 0.25) is 0 Å². The molecule has 2 heterocycles. The summed E-state index contributed by atoms with van der Waals surface area (Å²) in [4.78, 5) is 38.3. The first-order valence-corrected chi connectivity index (χ1v) is 7.04. The van der Waals surface area contributed by atoms with Gasteiger partial charge < -0.3 is 20.2 Å². The number of urea groups is 1. The van der Waals surface area contributed by atoms with E-state index in [1.165, 1.54) is 4.90 Å². The molecule has 2 aliphatic rings. The molecule has 3 amide bonds. The van der Waals surface area contributed by atoms with Crippen LogP contribution in [0.25, 0.3) is 0 Å². The van der Waals surface area contributed by atoms with Crippen LogP contribution in [0, 0.1) is 5.92 Å². The lowest BCUT2D eigenvalue weighted by atomic mass is 9.97. The highest BCUT2D eigenvalue weighted by atomic mass is 16.4. The molecule has 2 aliphatic heterocycles. The second-order valence-corrected chi connectivity index (χ2v) is 5.37.